The van der Waals surface area contributed by atoms with E-state index in [1.165, 1.54) is 7.11 Å². The summed E-state index contributed by atoms with van der Waals surface area (Å²) < 4.78 is 11.3. The molecular weight excluding hydrogens is 406 g/mol. The Bertz CT molecular complexity index is 1070. The lowest BCUT2D eigenvalue weighted by Gasteiger charge is -2.35. The molecule has 2 unspecified atom stereocenters. The number of rotatable bonds is 6. The first-order valence-corrected chi connectivity index (χ1v) is 11.1. The molecule has 7 heteroatoms. The van der Waals surface area contributed by atoms with Gasteiger partial charge in [0, 0.05) is 13.1 Å². The summed E-state index contributed by atoms with van der Waals surface area (Å²) in [5, 5.41) is 2.93. The number of hydrogen-bond donors (Lipinski definition) is 1. The number of aromatic nitrogens is 1. The third kappa shape index (κ3) is 4.47. The van der Waals surface area contributed by atoms with E-state index >= 15 is 0 Å². The smallest absolute Gasteiger partial charge is 0.255 e. The highest BCUT2D eigenvalue weighted by atomic mass is 16.5. The van der Waals surface area contributed by atoms with Gasteiger partial charge in [-0.1, -0.05) is 38.1 Å². The molecule has 2 aromatic carbocycles. The lowest BCUT2D eigenvalue weighted by Crippen LogP contribution is -2.53. The van der Waals surface area contributed by atoms with E-state index in [1.54, 1.807) is 24.3 Å². The summed E-state index contributed by atoms with van der Waals surface area (Å²) in [6.45, 7) is 5.06. The van der Waals surface area contributed by atoms with Crippen LogP contribution >= 0.6 is 0 Å². The van der Waals surface area contributed by atoms with Gasteiger partial charge in [-0.2, -0.15) is 0 Å². The number of amides is 2. The first kappa shape index (κ1) is 21.9. The highest BCUT2D eigenvalue weighted by molar-refractivity contribution is 5.99. The number of hydrogen-bond acceptors (Lipinski definition) is 5. The molecule has 0 saturated carbocycles. The Kier molecular flexibility index (Phi) is 6.44. The van der Waals surface area contributed by atoms with Crippen molar-refractivity contribution >= 4 is 22.9 Å². The summed E-state index contributed by atoms with van der Waals surface area (Å²) in [6.07, 6.45) is 1.77. The van der Waals surface area contributed by atoms with Crippen LogP contribution in [0.15, 0.2) is 52.9 Å². The van der Waals surface area contributed by atoms with Crippen molar-refractivity contribution in [1.82, 2.24) is 15.2 Å². The predicted octanol–water partition coefficient (Wildman–Crippen LogP) is 4.00. The number of carbonyl (C=O) groups excluding carboxylic acids is 2. The maximum Gasteiger partial charge on any atom is 0.255 e. The minimum absolute atomic E-state index is 0.0397. The van der Waals surface area contributed by atoms with Gasteiger partial charge in [0.1, 0.15) is 17.3 Å². The zero-order valence-corrected chi connectivity index (χ0v) is 18.7. The number of nitrogens with zero attached hydrogens (tertiary/aromatic N) is 2. The first-order valence-electron chi connectivity index (χ1n) is 11.1. The van der Waals surface area contributed by atoms with Gasteiger partial charge in [0.15, 0.2) is 11.5 Å². The Morgan fingerprint density at radius 2 is 1.91 bits per heavy atom. The third-order valence-corrected chi connectivity index (χ3v) is 5.96. The summed E-state index contributed by atoms with van der Waals surface area (Å²) in [4.78, 5) is 32.8. The number of fused-ring (bicyclic) bond motifs is 1. The second-order valence-electron chi connectivity index (χ2n) is 8.54. The number of carbonyl (C=O) groups is 2. The van der Waals surface area contributed by atoms with Gasteiger partial charge in [0.2, 0.25) is 5.91 Å². The standard InChI is InChI=1S/C25H29N3O4/c1-16(2)22(27-23(29)18-10-4-6-12-20(18)31-3)25(30)28-14-8-9-17(15-28)24-26-19-11-5-7-13-21(19)32-24/h4-7,10-13,16-17,22H,8-9,14-15H2,1-3H3,(H,27,29). The molecule has 3 aromatic rings. The van der Waals surface area contributed by atoms with Gasteiger partial charge >= 0.3 is 0 Å². The number of oxazole rings is 1. The Morgan fingerprint density at radius 1 is 1.16 bits per heavy atom. The number of likely N-dealkylation sites (tertiary alicyclic amines) is 1. The molecule has 1 aliphatic heterocycles. The van der Waals surface area contributed by atoms with E-state index in [-0.39, 0.29) is 23.7 Å². The van der Waals surface area contributed by atoms with Gasteiger partial charge in [-0.25, -0.2) is 4.98 Å². The van der Waals surface area contributed by atoms with Crippen LogP contribution in [0, 0.1) is 5.92 Å². The van der Waals surface area contributed by atoms with Crippen LogP contribution < -0.4 is 10.1 Å². The Morgan fingerprint density at radius 3 is 2.66 bits per heavy atom. The van der Waals surface area contributed by atoms with Crippen LogP contribution in [-0.4, -0.2) is 47.9 Å². The van der Waals surface area contributed by atoms with Crippen LogP contribution in [-0.2, 0) is 4.79 Å². The molecule has 4 rings (SSSR count). The molecule has 168 valence electrons. The molecule has 1 fully saturated rings. The molecule has 32 heavy (non-hydrogen) atoms. The first-order chi connectivity index (χ1) is 15.5. The quantitative estimate of drug-likeness (QED) is 0.633. The third-order valence-electron chi connectivity index (χ3n) is 5.96. The normalized spacial score (nSPS) is 17.4. The second-order valence-corrected chi connectivity index (χ2v) is 8.54. The fourth-order valence-electron chi connectivity index (χ4n) is 4.21. The molecule has 0 spiro atoms. The largest absolute Gasteiger partial charge is 0.496 e. The van der Waals surface area contributed by atoms with Crippen molar-refractivity contribution in [3.63, 3.8) is 0 Å². The number of para-hydroxylation sites is 3. The van der Waals surface area contributed by atoms with Gasteiger partial charge < -0.3 is 19.4 Å². The predicted molar refractivity (Wildman–Crippen MR) is 122 cm³/mol. The SMILES string of the molecule is COc1ccccc1C(=O)NC(C(=O)N1CCCC(c2nc3ccccc3o2)C1)C(C)C. The van der Waals surface area contributed by atoms with Crippen LogP contribution in [0.25, 0.3) is 11.1 Å². The van der Waals surface area contributed by atoms with Gasteiger partial charge in [-0.05, 0) is 43.0 Å². The average Bonchev–Trinajstić information content (AvgIpc) is 3.26. The van der Waals surface area contributed by atoms with Crippen LogP contribution in [0.1, 0.15) is 48.9 Å². The molecule has 2 heterocycles. The molecule has 1 saturated heterocycles. The molecule has 1 aliphatic rings. The molecule has 0 radical (unpaired) electrons. The Labute approximate surface area is 187 Å². The molecule has 2 amide bonds. The maximum atomic E-state index is 13.4. The summed E-state index contributed by atoms with van der Waals surface area (Å²) in [6, 6.07) is 14.1. The number of methoxy groups -OCH3 is 1. The molecule has 0 aliphatic carbocycles. The summed E-state index contributed by atoms with van der Waals surface area (Å²) in [5.74, 6) is 0.728. The van der Waals surface area contributed by atoms with Crippen molar-refractivity contribution < 1.29 is 18.7 Å². The maximum absolute atomic E-state index is 13.4. The molecular formula is C25H29N3O4. The van der Waals surface area contributed by atoms with Gasteiger partial charge in [-0.15, -0.1) is 0 Å². The van der Waals surface area contributed by atoms with E-state index in [2.05, 4.69) is 10.3 Å². The van der Waals surface area contributed by atoms with E-state index in [1.807, 2.05) is 43.0 Å². The van der Waals surface area contributed by atoms with Gasteiger partial charge in [-0.3, -0.25) is 9.59 Å². The highest BCUT2D eigenvalue weighted by Gasteiger charge is 2.34. The summed E-state index contributed by atoms with van der Waals surface area (Å²) in [7, 11) is 1.52. The van der Waals surface area contributed by atoms with Crippen molar-refractivity contribution in [2.45, 2.75) is 38.6 Å². The second kappa shape index (κ2) is 9.42. The van der Waals surface area contributed by atoms with Crippen molar-refractivity contribution in [2.75, 3.05) is 20.2 Å². The van der Waals surface area contributed by atoms with E-state index in [9.17, 15) is 9.59 Å². The number of piperidine rings is 1. The summed E-state index contributed by atoms with van der Waals surface area (Å²) >= 11 is 0. The van der Waals surface area contributed by atoms with Crippen molar-refractivity contribution in [1.29, 1.82) is 0 Å². The van der Waals surface area contributed by atoms with Crippen LogP contribution in [0.4, 0.5) is 0 Å². The van der Waals surface area contributed by atoms with E-state index in [0.717, 1.165) is 23.9 Å². The van der Waals surface area contributed by atoms with Crippen molar-refractivity contribution in [2.24, 2.45) is 5.92 Å². The monoisotopic (exact) mass is 435 g/mol. The van der Waals surface area contributed by atoms with E-state index < -0.39 is 6.04 Å². The van der Waals surface area contributed by atoms with Crippen LogP contribution in [0.2, 0.25) is 0 Å². The number of ether oxygens (including phenoxy) is 1. The van der Waals surface area contributed by atoms with E-state index in [0.29, 0.717) is 30.3 Å². The Hall–Kier alpha value is -3.35. The van der Waals surface area contributed by atoms with Gasteiger partial charge in [0.25, 0.3) is 5.91 Å². The minimum atomic E-state index is -0.630. The minimum Gasteiger partial charge on any atom is -0.496 e. The molecule has 1 aromatic heterocycles. The molecule has 2 atom stereocenters. The number of nitrogens with one attached hydrogen (secondary N) is 1. The van der Waals surface area contributed by atoms with Crippen LogP contribution in [0.5, 0.6) is 5.75 Å². The van der Waals surface area contributed by atoms with Crippen molar-refractivity contribution in [3.8, 4) is 5.75 Å². The zero-order valence-electron chi connectivity index (χ0n) is 18.7. The summed E-state index contributed by atoms with van der Waals surface area (Å²) in [5.41, 5.74) is 2.00. The van der Waals surface area contributed by atoms with Crippen LogP contribution in [0.3, 0.4) is 0 Å². The van der Waals surface area contributed by atoms with Gasteiger partial charge in [0.05, 0.1) is 18.6 Å². The topological polar surface area (TPSA) is 84.7 Å². The average molecular weight is 436 g/mol. The molecule has 7 nitrogen and oxygen atoms in total. The molecule has 0 bridgehead atoms. The highest BCUT2D eigenvalue weighted by Crippen LogP contribution is 2.29. The lowest BCUT2D eigenvalue weighted by molar-refractivity contribution is -0.135. The fraction of sp³-hybridized carbons (Fsp3) is 0.400. The lowest BCUT2D eigenvalue weighted by atomic mass is 9.95. The zero-order chi connectivity index (χ0) is 22.7. The Balaban J connectivity index is 1.49. The fourth-order valence-corrected chi connectivity index (χ4v) is 4.21. The van der Waals surface area contributed by atoms with E-state index in [4.69, 9.17) is 9.15 Å². The molecule has 1 N–H and O–H groups in total. The number of benzene rings is 2. The van der Waals surface area contributed by atoms with Crippen molar-refractivity contribution in [3.05, 3.63) is 60.0 Å².